The van der Waals surface area contributed by atoms with E-state index in [1.165, 1.54) is 28.4 Å². The molecule has 1 fully saturated rings. The van der Waals surface area contributed by atoms with Gasteiger partial charge in [-0.1, -0.05) is 77.4 Å². The van der Waals surface area contributed by atoms with Crippen molar-refractivity contribution in [2.75, 3.05) is 12.9 Å². The van der Waals surface area contributed by atoms with Gasteiger partial charge in [0.05, 0.1) is 18.6 Å². The number of methoxy groups -OCH3 is 1. The van der Waals surface area contributed by atoms with Crippen molar-refractivity contribution in [3.8, 4) is 5.75 Å². The number of carbonyl (C=O) groups excluding carboxylic acids is 3. The third kappa shape index (κ3) is 6.28. The van der Waals surface area contributed by atoms with Gasteiger partial charge in [-0.25, -0.2) is 4.79 Å². The number of halogens is 2. The molecular formula is C29H24Cl2N2O5S2. The number of benzene rings is 3. The summed E-state index contributed by atoms with van der Waals surface area (Å²) in [5, 5.41) is 3.38. The lowest BCUT2D eigenvalue weighted by Crippen LogP contribution is -2.70. The standard InChI is InChI=1S/C29H24Cl2N2O5S2/c1-37-20-10-7-18(8-11-20)15-38-29(36)26-23(40-22-14-19(30)9-12-21(22)31)16-39-28-25(27(35)33(26)28)32-24(34)13-17-5-3-2-4-6-17/h2-12,14,25,28H,13,15-16H2,1H3,(H,32,34)/t25-,28-/m1/s1. The maximum Gasteiger partial charge on any atom is 0.356 e. The Morgan fingerprint density at radius 2 is 1.80 bits per heavy atom. The molecule has 3 aromatic carbocycles. The van der Waals surface area contributed by atoms with Gasteiger partial charge in [-0.15, -0.1) is 11.8 Å². The van der Waals surface area contributed by atoms with E-state index in [4.69, 9.17) is 32.7 Å². The summed E-state index contributed by atoms with van der Waals surface area (Å²) >= 11 is 15.3. The molecule has 2 heterocycles. The zero-order chi connectivity index (χ0) is 28.2. The molecule has 0 bridgehead atoms. The normalized spacial score (nSPS) is 18.1. The number of thioether (sulfide) groups is 2. The highest BCUT2D eigenvalue weighted by atomic mass is 35.5. The average molecular weight is 616 g/mol. The average Bonchev–Trinajstić information content (AvgIpc) is 2.97. The molecule has 3 aromatic rings. The fraction of sp³-hybridized carbons (Fsp3) is 0.207. The predicted octanol–water partition coefficient (Wildman–Crippen LogP) is 5.69. The first-order valence-electron chi connectivity index (χ1n) is 12.3. The first-order chi connectivity index (χ1) is 19.3. The largest absolute Gasteiger partial charge is 0.497 e. The van der Waals surface area contributed by atoms with Crippen LogP contribution in [0.3, 0.4) is 0 Å². The second-order valence-electron chi connectivity index (χ2n) is 8.99. The Balaban J connectivity index is 1.36. The number of esters is 1. The maximum absolute atomic E-state index is 13.5. The Morgan fingerprint density at radius 1 is 1.05 bits per heavy atom. The highest BCUT2D eigenvalue weighted by molar-refractivity contribution is 8.06. The molecule has 2 atom stereocenters. The summed E-state index contributed by atoms with van der Waals surface area (Å²) in [5.41, 5.74) is 1.76. The summed E-state index contributed by atoms with van der Waals surface area (Å²) < 4.78 is 10.8. The van der Waals surface area contributed by atoms with Crippen molar-refractivity contribution in [3.63, 3.8) is 0 Å². The van der Waals surface area contributed by atoms with Crippen molar-refractivity contribution in [3.05, 3.63) is 105 Å². The fourth-order valence-corrected chi connectivity index (χ4v) is 7.29. The number of rotatable bonds is 9. The van der Waals surface area contributed by atoms with Crippen LogP contribution >= 0.6 is 46.7 Å². The molecule has 40 heavy (non-hydrogen) atoms. The van der Waals surface area contributed by atoms with Gasteiger partial charge >= 0.3 is 5.97 Å². The number of fused-ring (bicyclic) bond motifs is 1. The fourth-order valence-electron chi connectivity index (χ4n) is 4.29. The number of amides is 2. The molecule has 2 aliphatic heterocycles. The number of ether oxygens (including phenoxy) is 2. The van der Waals surface area contributed by atoms with Crippen molar-refractivity contribution in [1.29, 1.82) is 0 Å². The number of nitrogens with one attached hydrogen (secondary N) is 1. The van der Waals surface area contributed by atoms with Crippen molar-refractivity contribution >= 4 is 64.5 Å². The van der Waals surface area contributed by atoms with Crippen LogP contribution in [0.4, 0.5) is 0 Å². The Kier molecular flexibility index (Phi) is 8.95. The molecule has 11 heteroatoms. The molecule has 0 saturated carbocycles. The first kappa shape index (κ1) is 28.4. The Morgan fingerprint density at radius 3 is 2.52 bits per heavy atom. The minimum absolute atomic E-state index is 0.0132. The first-order valence-corrected chi connectivity index (χ1v) is 14.9. The van der Waals surface area contributed by atoms with Crippen LogP contribution in [0.1, 0.15) is 11.1 Å². The summed E-state index contributed by atoms with van der Waals surface area (Å²) in [7, 11) is 1.58. The number of carbonyl (C=O) groups is 3. The van der Waals surface area contributed by atoms with Gasteiger partial charge in [0.2, 0.25) is 5.91 Å². The van der Waals surface area contributed by atoms with E-state index in [1.807, 2.05) is 30.3 Å². The number of hydrogen-bond acceptors (Lipinski definition) is 7. The number of nitrogens with zero attached hydrogens (tertiary/aromatic N) is 1. The monoisotopic (exact) mass is 614 g/mol. The topological polar surface area (TPSA) is 84.9 Å². The second-order valence-corrected chi connectivity index (χ2v) is 12.1. The summed E-state index contributed by atoms with van der Waals surface area (Å²) in [6.07, 6.45) is 0.156. The Bertz CT molecular complexity index is 1470. The van der Waals surface area contributed by atoms with Crippen molar-refractivity contribution < 1.29 is 23.9 Å². The molecule has 2 amide bonds. The minimum Gasteiger partial charge on any atom is -0.497 e. The summed E-state index contributed by atoms with van der Waals surface area (Å²) in [4.78, 5) is 42.2. The van der Waals surface area contributed by atoms with Crippen molar-refractivity contribution in [1.82, 2.24) is 10.2 Å². The zero-order valence-corrected chi connectivity index (χ0v) is 24.4. The molecular weight excluding hydrogens is 591 g/mol. The molecule has 0 radical (unpaired) electrons. The van der Waals surface area contributed by atoms with Crippen LogP contribution in [0.15, 0.2) is 88.3 Å². The number of β-lactam (4-membered cyclic amide) rings is 1. The second kappa shape index (κ2) is 12.6. The van der Waals surface area contributed by atoms with Gasteiger partial charge in [-0.3, -0.25) is 14.5 Å². The van der Waals surface area contributed by atoms with Gasteiger partial charge in [-0.2, -0.15) is 0 Å². The lowest BCUT2D eigenvalue weighted by molar-refractivity contribution is -0.153. The summed E-state index contributed by atoms with van der Waals surface area (Å²) in [5.74, 6) is -0.161. The van der Waals surface area contributed by atoms with Gasteiger partial charge in [0.1, 0.15) is 29.5 Å². The predicted molar refractivity (Wildman–Crippen MR) is 157 cm³/mol. The van der Waals surface area contributed by atoms with Crippen molar-refractivity contribution in [2.45, 2.75) is 29.3 Å². The van der Waals surface area contributed by atoms with E-state index >= 15 is 0 Å². The van der Waals surface area contributed by atoms with Gasteiger partial charge in [0.25, 0.3) is 5.91 Å². The molecule has 7 nitrogen and oxygen atoms in total. The molecule has 2 aliphatic rings. The summed E-state index contributed by atoms with van der Waals surface area (Å²) in [6, 6.07) is 20.8. The quantitative estimate of drug-likeness (QED) is 0.245. The van der Waals surface area contributed by atoms with E-state index in [0.717, 1.165) is 11.1 Å². The maximum atomic E-state index is 13.5. The zero-order valence-electron chi connectivity index (χ0n) is 21.3. The van der Waals surface area contributed by atoms with Gasteiger partial charge < -0.3 is 14.8 Å². The minimum atomic E-state index is -0.744. The van der Waals surface area contributed by atoms with E-state index in [2.05, 4.69) is 5.32 Å². The van der Waals surface area contributed by atoms with Crippen LogP contribution in [0.25, 0.3) is 0 Å². The highest BCUT2D eigenvalue weighted by Crippen LogP contribution is 2.47. The molecule has 206 valence electrons. The van der Waals surface area contributed by atoms with Gasteiger partial charge in [0, 0.05) is 20.6 Å². The van der Waals surface area contributed by atoms with E-state index in [1.54, 1.807) is 49.6 Å². The van der Waals surface area contributed by atoms with Gasteiger partial charge in [-0.05, 0) is 41.5 Å². The van der Waals surface area contributed by atoms with E-state index < -0.39 is 17.4 Å². The molecule has 0 unspecified atom stereocenters. The van der Waals surface area contributed by atoms with Crippen LogP contribution < -0.4 is 10.1 Å². The van der Waals surface area contributed by atoms with E-state index in [-0.39, 0.29) is 30.5 Å². The third-order valence-electron chi connectivity index (χ3n) is 6.31. The lowest BCUT2D eigenvalue weighted by Gasteiger charge is -2.49. The molecule has 1 saturated heterocycles. The highest BCUT2D eigenvalue weighted by Gasteiger charge is 2.54. The molecule has 0 spiro atoms. The SMILES string of the molecule is COc1ccc(COC(=O)C2=C(Sc3cc(Cl)ccc3Cl)CS[C@@H]3[C@H](NC(=O)Cc4ccccc4)C(=O)N23)cc1. The van der Waals surface area contributed by atoms with Crippen LogP contribution in [0, 0.1) is 0 Å². The smallest absolute Gasteiger partial charge is 0.356 e. The third-order valence-corrected chi connectivity index (χ3v) is 9.59. The lowest BCUT2D eigenvalue weighted by atomic mass is 10.0. The van der Waals surface area contributed by atoms with Crippen LogP contribution in [0.5, 0.6) is 5.75 Å². The Labute approximate surface area is 250 Å². The van der Waals surface area contributed by atoms with Crippen molar-refractivity contribution in [2.24, 2.45) is 0 Å². The van der Waals surface area contributed by atoms with Gasteiger partial charge in [0.15, 0.2) is 0 Å². The molecule has 1 N–H and O–H groups in total. The van der Waals surface area contributed by atoms with Crippen LogP contribution in [-0.4, -0.2) is 47.0 Å². The number of hydrogen-bond donors (Lipinski definition) is 1. The van der Waals surface area contributed by atoms with E-state index in [9.17, 15) is 14.4 Å². The molecule has 0 aliphatic carbocycles. The summed E-state index contributed by atoms with van der Waals surface area (Å²) in [6.45, 7) is 0.0132. The Hall–Kier alpha value is -3.11. The van der Waals surface area contributed by atoms with E-state index in [0.29, 0.717) is 31.3 Å². The van der Waals surface area contributed by atoms with Crippen LogP contribution in [-0.2, 0) is 32.1 Å². The molecule has 5 rings (SSSR count). The van der Waals surface area contributed by atoms with Crippen LogP contribution in [0.2, 0.25) is 10.0 Å². The molecule has 0 aromatic heterocycles.